The van der Waals surface area contributed by atoms with E-state index in [0.29, 0.717) is 11.4 Å². The second kappa shape index (κ2) is 6.11. The predicted octanol–water partition coefficient (Wildman–Crippen LogP) is 3.11. The number of rotatable bonds is 4. The lowest BCUT2D eigenvalue weighted by Gasteiger charge is -2.16. The number of amides is 1. The van der Waals surface area contributed by atoms with Gasteiger partial charge in [-0.2, -0.15) is 5.10 Å². The van der Waals surface area contributed by atoms with Gasteiger partial charge in [0.25, 0.3) is 5.91 Å². The molecule has 0 bridgehead atoms. The van der Waals surface area contributed by atoms with Crippen LogP contribution in [0.15, 0.2) is 42.6 Å². The molecule has 0 unspecified atom stereocenters. The van der Waals surface area contributed by atoms with Gasteiger partial charge in [-0.05, 0) is 18.6 Å². The number of hydrogen-bond acceptors (Lipinski definition) is 4. The molecule has 0 radical (unpaired) electrons. The van der Waals surface area contributed by atoms with Gasteiger partial charge in [0.05, 0.1) is 11.4 Å². The molecular formula is C16H16N4OS. The molecule has 5 nitrogen and oxygen atoms in total. The minimum absolute atomic E-state index is 0.00961. The van der Waals surface area contributed by atoms with Crippen LogP contribution in [0.1, 0.15) is 20.9 Å². The third-order valence-electron chi connectivity index (χ3n) is 3.33. The van der Waals surface area contributed by atoms with Gasteiger partial charge in [-0.1, -0.05) is 30.3 Å². The van der Waals surface area contributed by atoms with Crippen LogP contribution < -0.4 is 0 Å². The zero-order valence-corrected chi connectivity index (χ0v) is 13.2. The van der Waals surface area contributed by atoms with Gasteiger partial charge in [-0.3, -0.25) is 9.89 Å². The summed E-state index contributed by atoms with van der Waals surface area (Å²) in [5.74, 6) is -0.00961. The molecule has 0 aliphatic rings. The fraction of sp³-hybridized carbons (Fsp3) is 0.188. The third kappa shape index (κ3) is 2.92. The standard InChI is InChI=1S/C16H16N4OS/c1-11-14(22-15(18-11)13-8-9-17-19-13)16(21)20(2)10-12-6-4-3-5-7-12/h3-9H,10H2,1-2H3,(H,17,19). The monoisotopic (exact) mass is 312 g/mol. The molecule has 3 aromatic rings. The van der Waals surface area contributed by atoms with Crippen molar-refractivity contribution in [2.45, 2.75) is 13.5 Å². The number of aryl methyl sites for hydroxylation is 1. The third-order valence-corrected chi connectivity index (χ3v) is 4.51. The highest BCUT2D eigenvalue weighted by Gasteiger charge is 2.20. The van der Waals surface area contributed by atoms with E-state index in [4.69, 9.17) is 0 Å². The number of carbonyl (C=O) groups is 1. The van der Waals surface area contributed by atoms with Crippen molar-refractivity contribution in [2.24, 2.45) is 0 Å². The molecule has 0 saturated carbocycles. The number of aromatic amines is 1. The summed E-state index contributed by atoms with van der Waals surface area (Å²) >= 11 is 1.39. The first kappa shape index (κ1) is 14.5. The van der Waals surface area contributed by atoms with Crippen molar-refractivity contribution in [1.82, 2.24) is 20.1 Å². The summed E-state index contributed by atoms with van der Waals surface area (Å²) < 4.78 is 0. The second-order valence-corrected chi connectivity index (χ2v) is 6.05. The maximum atomic E-state index is 12.6. The molecule has 2 heterocycles. The average molecular weight is 312 g/mol. The van der Waals surface area contributed by atoms with Gasteiger partial charge in [-0.15, -0.1) is 11.3 Å². The summed E-state index contributed by atoms with van der Waals surface area (Å²) in [6, 6.07) is 11.8. The van der Waals surface area contributed by atoms with Crippen LogP contribution in [0.25, 0.3) is 10.7 Å². The fourth-order valence-corrected chi connectivity index (χ4v) is 3.22. The molecule has 0 aliphatic carbocycles. The first-order valence-electron chi connectivity index (χ1n) is 6.91. The molecule has 0 aliphatic heterocycles. The maximum absolute atomic E-state index is 12.6. The molecule has 112 valence electrons. The molecule has 6 heteroatoms. The normalized spacial score (nSPS) is 10.6. The van der Waals surface area contributed by atoms with Crippen LogP contribution in [0, 0.1) is 6.92 Å². The number of H-pyrrole nitrogens is 1. The van der Waals surface area contributed by atoms with E-state index in [-0.39, 0.29) is 5.91 Å². The highest BCUT2D eigenvalue weighted by atomic mass is 32.1. The van der Waals surface area contributed by atoms with E-state index in [1.165, 1.54) is 11.3 Å². The molecule has 22 heavy (non-hydrogen) atoms. The van der Waals surface area contributed by atoms with E-state index >= 15 is 0 Å². The zero-order chi connectivity index (χ0) is 15.5. The smallest absolute Gasteiger partial charge is 0.265 e. The Bertz CT molecular complexity index is 765. The Labute approximate surface area is 132 Å². The van der Waals surface area contributed by atoms with Crippen LogP contribution in [0.5, 0.6) is 0 Å². The summed E-state index contributed by atoms with van der Waals surface area (Å²) in [7, 11) is 1.81. The number of thiazole rings is 1. The van der Waals surface area contributed by atoms with Crippen LogP contribution in [0.4, 0.5) is 0 Å². The Morgan fingerprint density at radius 2 is 2.05 bits per heavy atom. The van der Waals surface area contributed by atoms with Crippen LogP contribution in [-0.4, -0.2) is 33.0 Å². The number of carbonyl (C=O) groups excluding carboxylic acids is 1. The highest BCUT2D eigenvalue weighted by molar-refractivity contribution is 7.17. The van der Waals surface area contributed by atoms with Gasteiger partial charge in [-0.25, -0.2) is 4.98 Å². The van der Waals surface area contributed by atoms with E-state index in [9.17, 15) is 4.79 Å². The van der Waals surface area contributed by atoms with E-state index in [1.54, 1.807) is 11.1 Å². The molecule has 0 saturated heterocycles. The average Bonchev–Trinajstić information content (AvgIpc) is 3.16. The van der Waals surface area contributed by atoms with Crippen LogP contribution >= 0.6 is 11.3 Å². The Hall–Kier alpha value is -2.47. The van der Waals surface area contributed by atoms with Gasteiger partial charge in [0.1, 0.15) is 9.88 Å². The van der Waals surface area contributed by atoms with Crippen molar-refractivity contribution < 1.29 is 4.79 Å². The topological polar surface area (TPSA) is 61.9 Å². The largest absolute Gasteiger partial charge is 0.337 e. The Kier molecular flexibility index (Phi) is 4.02. The van der Waals surface area contributed by atoms with Gasteiger partial charge in [0.2, 0.25) is 0 Å². The Balaban J connectivity index is 1.80. The van der Waals surface area contributed by atoms with Crippen molar-refractivity contribution in [2.75, 3.05) is 7.05 Å². The molecule has 1 aromatic carbocycles. The molecule has 2 aromatic heterocycles. The minimum atomic E-state index is -0.00961. The predicted molar refractivity (Wildman–Crippen MR) is 86.7 cm³/mol. The molecule has 3 rings (SSSR count). The molecule has 0 fully saturated rings. The van der Waals surface area contributed by atoms with Crippen molar-refractivity contribution >= 4 is 17.2 Å². The van der Waals surface area contributed by atoms with E-state index in [0.717, 1.165) is 22.0 Å². The SMILES string of the molecule is Cc1nc(-c2ccn[nH]2)sc1C(=O)N(C)Cc1ccccc1. The molecule has 1 N–H and O–H groups in total. The summed E-state index contributed by atoms with van der Waals surface area (Å²) in [5, 5.41) is 7.58. The van der Waals surface area contributed by atoms with Crippen molar-refractivity contribution in [3.63, 3.8) is 0 Å². The summed E-state index contributed by atoms with van der Waals surface area (Å²) in [6.45, 7) is 2.44. The van der Waals surface area contributed by atoms with Crippen molar-refractivity contribution in [3.05, 3.63) is 58.7 Å². The quantitative estimate of drug-likeness (QED) is 0.805. The number of benzene rings is 1. The number of nitrogens with one attached hydrogen (secondary N) is 1. The second-order valence-electron chi connectivity index (χ2n) is 5.05. The molecule has 0 atom stereocenters. The summed E-state index contributed by atoms with van der Waals surface area (Å²) in [5.41, 5.74) is 2.69. The van der Waals surface area contributed by atoms with Crippen LogP contribution in [-0.2, 0) is 6.54 Å². The lowest BCUT2D eigenvalue weighted by atomic mass is 10.2. The van der Waals surface area contributed by atoms with Gasteiger partial charge >= 0.3 is 0 Å². The maximum Gasteiger partial charge on any atom is 0.265 e. The lowest BCUT2D eigenvalue weighted by Crippen LogP contribution is -2.26. The van der Waals surface area contributed by atoms with Crippen molar-refractivity contribution in [3.8, 4) is 10.7 Å². The highest BCUT2D eigenvalue weighted by Crippen LogP contribution is 2.27. The lowest BCUT2D eigenvalue weighted by molar-refractivity contribution is 0.0789. The first-order chi connectivity index (χ1) is 10.6. The van der Waals surface area contributed by atoms with Crippen LogP contribution in [0.2, 0.25) is 0 Å². The number of nitrogens with zero attached hydrogens (tertiary/aromatic N) is 3. The molecule has 1 amide bonds. The van der Waals surface area contributed by atoms with Gasteiger partial charge < -0.3 is 4.90 Å². The zero-order valence-electron chi connectivity index (χ0n) is 12.4. The Morgan fingerprint density at radius 3 is 2.73 bits per heavy atom. The number of aromatic nitrogens is 3. The molecule has 0 spiro atoms. The number of hydrogen-bond donors (Lipinski definition) is 1. The minimum Gasteiger partial charge on any atom is -0.337 e. The first-order valence-corrected chi connectivity index (χ1v) is 7.73. The van der Waals surface area contributed by atoms with E-state index < -0.39 is 0 Å². The Morgan fingerprint density at radius 1 is 1.27 bits per heavy atom. The van der Waals surface area contributed by atoms with E-state index in [2.05, 4.69) is 15.2 Å². The van der Waals surface area contributed by atoms with Crippen LogP contribution in [0.3, 0.4) is 0 Å². The van der Waals surface area contributed by atoms with Gasteiger partial charge in [0, 0.05) is 19.8 Å². The van der Waals surface area contributed by atoms with E-state index in [1.807, 2.05) is 50.4 Å². The summed E-state index contributed by atoms with van der Waals surface area (Å²) in [6.07, 6.45) is 1.68. The van der Waals surface area contributed by atoms with Gasteiger partial charge in [0.15, 0.2) is 0 Å². The summed E-state index contributed by atoms with van der Waals surface area (Å²) in [4.78, 5) is 19.5. The fourth-order valence-electron chi connectivity index (χ4n) is 2.19. The molecular weight excluding hydrogens is 296 g/mol. The van der Waals surface area contributed by atoms with Crippen molar-refractivity contribution in [1.29, 1.82) is 0 Å².